The van der Waals surface area contributed by atoms with Crippen LogP contribution in [0.4, 0.5) is 0 Å². The van der Waals surface area contributed by atoms with E-state index in [2.05, 4.69) is 28.8 Å². The van der Waals surface area contributed by atoms with Crippen LogP contribution >= 0.6 is 11.6 Å². The van der Waals surface area contributed by atoms with E-state index in [4.69, 9.17) is 16.3 Å². The van der Waals surface area contributed by atoms with Gasteiger partial charge in [-0.3, -0.25) is 0 Å². The summed E-state index contributed by atoms with van der Waals surface area (Å²) in [4.78, 5) is 0. The molecule has 3 aromatic rings. The molecular weight excluding hydrogens is 394 g/mol. The molecule has 6 nitrogen and oxygen atoms in total. The van der Waals surface area contributed by atoms with Crippen molar-refractivity contribution in [2.45, 2.75) is 36.9 Å². The summed E-state index contributed by atoms with van der Waals surface area (Å²) in [6, 6.07) is 13.6. The minimum atomic E-state index is -1.41. The monoisotopic (exact) mass is 417 g/mol. The van der Waals surface area contributed by atoms with Crippen LogP contribution < -0.4 is 0 Å². The van der Waals surface area contributed by atoms with Gasteiger partial charge in [0.1, 0.15) is 30.5 Å². The number of nitrogens with zero attached hydrogens (tertiary/aromatic N) is 1. The Morgan fingerprint density at radius 1 is 1.00 bits per heavy atom. The minimum Gasteiger partial charge on any atom is -0.394 e. The summed E-state index contributed by atoms with van der Waals surface area (Å²) < 4.78 is 7.73. The molecule has 1 aliphatic heterocycles. The molecule has 5 atom stereocenters. The average Bonchev–Trinajstić information content (AvgIpc) is 3.08. The van der Waals surface area contributed by atoms with Gasteiger partial charge in [-0.05, 0) is 52.8 Å². The molecule has 2 aromatic carbocycles. The van der Waals surface area contributed by atoms with Gasteiger partial charge in [0.2, 0.25) is 0 Å². The topological polar surface area (TPSA) is 95.1 Å². The lowest BCUT2D eigenvalue weighted by atomic mass is 9.90. The molecule has 4 rings (SSSR count). The van der Waals surface area contributed by atoms with Crippen LogP contribution in [0.2, 0.25) is 5.02 Å². The summed E-state index contributed by atoms with van der Waals surface area (Å²) in [5.41, 5.74) is 3.73. The predicted molar refractivity (Wildman–Crippen MR) is 110 cm³/mol. The number of rotatable bonds is 4. The van der Waals surface area contributed by atoms with Crippen LogP contribution in [0.5, 0.6) is 0 Å². The molecule has 1 fully saturated rings. The molecule has 0 amide bonds. The number of ether oxygens (including phenoxy) is 1. The first-order chi connectivity index (χ1) is 13.9. The van der Waals surface area contributed by atoms with Crippen molar-refractivity contribution in [2.24, 2.45) is 7.05 Å². The van der Waals surface area contributed by atoms with E-state index < -0.39 is 37.1 Å². The van der Waals surface area contributed by atoms with E-state index in [0.29, 0.717) is 17.0 Å². The van der Waals surface area contributed by atoms with Crippen molar-refractivity contribution in [1.82, 2.24) is 4.57 Å². The minimum absolute atomic E-state index is 0.459. The summed E-state index contributed by atoms with van der Waals surface area (Å²) >= 11 is 6.41. The van der Waals surface area contributed by atoms with Crippen LogP contribution in [0, 0.1) is 0 Å². The zero-order valence-corrected chi connectivity index (χ0v) is 16.7. The molecule has 1 aromatic heterocycles. The number of hydrogen-bond donors (Lipinski definition) is 4. The van der Waals surface area contributed by atoms with Crippen molar-refractivity contribution in [1.29, 1.82) is 0 Å². The summed E-state index contributed by atoms with van der Waals surface area (Å²) in [7, 11) is 2.00. The van der Waals surface area contributed by atoms with Crippen molar-refractivity contribution in [3.8, 4) is 0 Å². The van der Waals surface area contributed by atoms with E-state index in [9.17, 15) is 20.4 Å². The Hall–Kier alpha value is -1.93. The van der Waals surface area contributed by atoms with E-state index in [0.717, 1.165) is 22.0 Å². The standard InChI is InChI=1S/C22H24ClNO5/c1-24-7-6-13-8-12(2-5-17(13)24)9-15-10-14(3-4-16(15)23)22-21(28)20(27)19(26)18(11-25)29-22/h2-8,10,18-22,25-28H,9,11H2,1H3. The quantitative estimate of drug-likeness (QED) is 0.520. The lowest BCUT2D eigenvalue weighted by molar-refractivity contribution is -0.231. The molecule has 0 bridgehead atoms. The Balaban J connectivity index is 1.63. The Morgan fingerprint density at radius 3 is 2.55 bits per heavy atom. The van der Waals surface area contributed by atoms with Gasteiger partial charge in [-0.15, -0.1) is 0 Å². The first-order valence-corrected chi connectivity index (χ1v) is 9.89. The van der Waals surface area contributed by atoms with E-state index in [-0.39, 0.29) is 0 Å². The van der Waals surface area contributed by atoms with Crippen LogP contribution in [-0.2, 0) is 18.2 Å². The fraction of sp³-hybridized carbons (Fsp3) is 0.364. The Bertz CT molecular complexity index is 1020. The van der Waals surface area contributed by atoms with E-state index in [1.54, 1.807) is 12.1 Å². The number of aromatic nitrogens is 1. The van der Waals surface area contributed by atoms with E-state index in [1.807, 2.05) is 19.3 Å². The number of aliphatic hydroxyl groups is 4. The van der Waals surface area contributed by atoms with Crippen LogP contribution in [0.3, 0.4) is 0 Å². The van der Waals surface area contributed by atoms with Crippen LogP contribution in [0.25, 0.3) is 10.9 Å². The summed E-state index contributed by atoms with van der Waals surface area (Å²) in [6.07, 6.45) is -3.32. The summed E-state index contributed by atoms with van der Waals surface area (Å²) in [6.45, 7) is -0.459. The number of halogens is 1. The molecule has 4 N–H and O–H groups in total. The lowest BCUT2D eigenvalue weighted by Crippen LogP contribution is -2.55. The second-order valence-electron chi connectivity index (χ2n) is 7.60. The summed E-state index contributed by atoms with van der Waals surface area (Å²) in [5, 5.41) is 41.6. The molecule has 0 aliphatic carbocycles. The van der Waals surface area contributed by atoms with Gasteiger partial charge in [-0.1, -0.05) is 29.8 Å². The smallest absolute Gasteiger partial charge is 0.113 e. The molecular formula is C22H24ClNO5. The molecule has 0 spiro atoms. The number of hydrogen-bond acceptors (Lipinski definition) is 5. The molecule has 5 unspecified atom stereocenters. The number of benzene rings is 2. The molecule has 29 heavy (non-hydrogen) atoms. The third-order valence-electron chi connectivity index (χ3n) is 5.63. The first-order valence-electron chi connectivity index (χ1n) is 9.52. The highest BCUT2D eigenvalue weighted by Gasteiger charge is 2.44. The molecule has 1 saturated heterocycles. The fourth-order valence-corrected chi connectivity index (χ4v) is 4.13. The lowest BCUT2D eigenvalue weighted by Gasteiger charge is -2.40. The van der Waals surface area contributed by atoms with Gasteiger partial charge in [0.15, 0.2) is 0 Å². The summed E-state index contributed by atoms with van der Waals surface area (Å²) in [5.74, 6) is 0. The Kier molecular flexibility index (Phi) is 5.66. The Labute approximate surface area is 173 Å². The normalized spacial score (nSPS) is 27.4. The zero-order valence-electron chi connectivity index (χ0n) is 15.9. The highest BCUT2D eigenvalue weighted by Crippen LogP contribution is 2.34. The van der Waals surface area contributed by atoms with Crippen LogP contribution in [0.1, 0.15) is 22.8 Å². The van der Waals surface area contributed by atoms with Crippen molar-refractivity contribution >= 4 is 22.5 Å². The van der Waals surface area contributed by atoms with Crippen molar-refractivity contribution in [3.05, 3.63) is 70.4 Å². The molecule has 0 saturated carbocycles. The SMILES string of the molecule is Cn1ccc2cc(Cc3cc(C4OC(CO)C(O)C(O)C4O)ccc3Cl)ccc21. The second-order valence-corrected chi connectivity index (χ2v) is 8.00. The van der Waals surface area contributed by atoms with E-state index >= 15 is 0 Å². The van der Waals surface area contributed by atoms with Gasteiger partial charge >= 0.3 is 0 Å². The molecule has 154 valence electrons. The highest BCUT2D eigenvalue weighted by molar-refractivity contribution is 6.31. The maximum absolute atomic E-state index is 10.4. The van der Waals surface area contributed by atoms with Gasteiger partial charge in [-0.2, -0.15) is 0 Å². The highest BCUT2D eigenvalue weighted by atomic mass is 35.5. The maximum Gasteiger partial charge on any atom is 0.113 e. The predicted octanol–water partition coefficient (Wildman–Crippen LogP) is 1.94. The molecule has 0 radical (unpaired) electrons. The molecule has 7 heteroatoms. The molecule has 1 aliphatic rings. The van der Waals surface area contributed by atoms with Gasteiger partial charge in [0.25, 0.3) is 0 Å². The van der Waals surface area contributed by atoms with Crippen LogP contribution in [0.15, 0.2) is 48.7 Å². The largest absolute Gasteiger partial charge is 0.394 e. The second kappa shape index (κ2) is 8.07. The van der Waals surface area contributed by atoms with E-state index in [1.165, 1.54) is 0 Å². The average molecular weight is 418 g/mol. The number of aliphatic hydroxyl groups excluding tert-OH is 4. The first kappa shape index (κ1) is 20.3. The number of aryl methyl sites for hydroxylation is 1. The van der Waals surface area contributed by atoms with Crippen molar-refractivity contribution in [3.63, 3.8) is 0 Å². The van der Waals surface area contributed by atoms with Gasteiger partial charge in [0, 0.05) is 23.8 Å². The van der Waals surface area contributed by atoms with Gasteiger partial charge < -0.3 is 29.7 Å². The maximum atomic E-state index is 10.4. The third kappa shape index (κ3) is 3.80. The van der Waals surface area contributed by atoms with Crippen LogP contribution in [-0.4, -0.2) is 56.0 Å². The van der Waals surface area contributed by atoms with Crippen molar-refractivity contribution in [2.75, 3.05) is 6.61 Å². The zero-order chi connectivity index (χ0) is 20.7. The Morgan fingerprint density at radius 2 is 1.79 bits per heavy atom. The fourth-order valence-electron chi connectivity index (χ4n) is 3.95. The van der Waals surface area contributed by atoms with Gasteiger partial charge in [0.05, 0.1) is 6.61 Å². The molecule has 2 heterocycles. The van der Waals surface area contributed by atoms with Crippen molar-refractivity contribution < 1.29 is 25.2 Å². The number of fused-ring (bicyclic) bond motifs is 1. The third-order valence-corrected chi connectivity index (χ3v) is 6.00. The van der Waals surface area contributed by atoms with Gasteiger partial charge in [-0.25, -0.2) is 0 Å².